The minimum atomic E-state index is -0.506. The second-order valence-corrected chi connectivity index (χ2v) is 8.76. The molecule has 2 aromatic carbocycles. The number of likely N-dealkylation sites (tertiary alicyclic amines) is 1. The molecule has 2 unspecified atom stereocenters. The molecule has 0 aromatic heterocycles. The number of carbonyl (C=O) groups is 2. The zero-order valence-electron chi connectivity index (χ0n) is 17.5. The van der Waals surface area contributed by atoms with Gasteiger partial charge in [0.25, 0.3) is 5.91 Å². The summed E-state index contributed by atoms with van der Waals surface area (Å²) in [6, 6.07) is 12.6. The molecule has 0 radical (unpaired) electrons. The summed E-state index contributed by atoms with van der Waals surface area (Å²) in [6.45, 7) is 3.04. The molecule has 0 bridgehead atoms. The van der Waals surface area contributed by atoms with E-state index in [0.29, 0.717) is 35.1 Å². The Kier molecular flexibility index (Phi) is 7.40. The third-order valence-corrected chi connectivity index (χ3v) is 6.09. The van der Waals surface area contributed by atoms with E-state index in [-0.39, 0.29) is 17.9 Å². The summed E-state index contributed by atoms with van der Waals surface area (Å²) < 4.78 is 0. The van der Waals surface area contributed by atoms with Crippen LogP contribution in [0.3, 0.4) is 0 Å². The van der Waals surface area contributed by atoms with Gasteiger partial charge in [0, 0.05) is 18.1 Å². The number of nitrogens with zero attached hydrogens (tertiary/aromatic N) is 2. The van der Waals surface area contributed by atoms with Crippen LogP contribution in [-0.4, -0.2) is 54.8 Å². The van der Waals surface area contributed by atoms with Crippen molar-refractivity contribution in [2.24, 2.45) is 0 Å². The van der Waals surface area contributed by atoms with E-state index in [2.05, 4.69) is 34.5 Å². The average molecular weight is 448 g/mol. The Bertz CT molecular complexity index is 915. The Morgan fingerprint density at radius 1 is 1.17 bits per heavy atom. The lowest BCUT2D eigenvalue weighted by atomic mass is 10.0. The lowest BCUT2D eigenvalue weighted by Gasteiger charge is -2.28. The van der Waals surface area contributed by atoms with Gasteiger partial charge < -0.3 is 15.1 Å². The van der Waals surface area contributed by atoms with Crippen LogP contribution in [-0.2, 0) is 4.79 Å². The molecule has 7 heteroatoms. The van der Waals surface area contributed by atoms with Crippen molar-refractivity contribution in [3.05, 3.63) is 69.2 Å². The summed E-state index contributed by atoms with van der Waals surface area (Å²) in [5.41, 5.74) is 2.66. The highest BCUT2D eigenvalue weighted by atomic mass is 35.5. The number of halogens is 2. The number of hydrogen-bond acceptors (Lipinski definition) is 3. The van der Waals surface area contributed by atoms with E-state index in [0.717, 1.165) is 12.0 Å². The molecular formula is C23H27Cl2N3O2. The maximum absolute atomic E-state index is 13.0. The fourth-order valence-electron chi connectivity index (χ4n) is 3.80. The number of aryl methyl sites for hydroxylation is 1. The van der Waals surface area contributed by atoms with Gasteiger partial charge in [0.1, 0.15) is 6.04 Å². The third kappa shape index (κ3) is 5.15. The molecule has 2 aromatic rings. The maximum Gasteiger partial charge on any atom is 0.256 e. The Balaban J connectivity index is 1.70. The molecule has 1 aliphatic heterocycles. The van der Waals surface area contributed by atoms with Gasteiger partial charge in [0.2, 0.25) is 5.91 Å². The molecule has 2 amide bonds. The topological polar surface area (TPSA) is 52.7 Å². The van der Waals surface area contributed by atoms with Gasteiger partial charge in [-0.15, -0.1) is 0 Å². The lowest BCUT2D eigenvalue weighted by Crippen LogP contribution is -2.47. The SMILES string of the molecule is Cc1ccc(C(CNC(=O)C2CCCN2C(=O)c2cc(Cl)ccc2Cl)N(C)C)cc1. The van der Waals surface area contributed by atoms with Crippen LogP contribution in [0.2, 0.25) is 10.0 Å². The molecule has 1 heterocycles. The quantitative estimate of drug-likeness (QED) is 0.716. The first kappa shape index (κ1) is 22.6. The lowest BCUT2D eigenvalue weighted by molar-refractivity contribution is -0.125. The number of hydrogen-bond donors (Lipinski definition) is 1. The Morgan fingerprint density at radius 3 is 2.53 bits per heavy atom. The minimum Gasteiger partial charge on any atom is -0.352 e. The van der Waals surface area contributed by atoms with Crippen LogP contribution in [0, 0.1) is 6.92 Å². The molecule has 2 atom stereocenters. The number of carbonyl (C=O) groups excluding carboxylic acids is 2. The minimum absolute atomic E-state index is 0.0440. The normalized spacial score (nSPS) is 17.3. The molecule has 5 nitrogen and oxygen atoms in total. The Hall–Kier alpha value is -2.08. The van der Waals surface area contributed by atoms with Crippen molar-refractivity contribution in [2.45, 2.75) is 31.8 Å². The van der Waals surface area contributed by atoms with Crippen molar-refractivity contribution in [3.63, 3.8) is 0 Å². The highest BCUT2D eigenvalue weighted by Gasteiger charge is 2.35. The van der Waals surface area contributed by atoms with Gasteiger partial charge in [-0.2, -0.15) is 0 Å². The van der Waals surface area contributed by atoms with Gasteiger partial charge in [0.05, 0.1) is 16.6 Å². The molecule has 0 spiro atoms. The molecule has 160 valence electrons. The van der Waals surface area contributed by atoms with Crippen LogP contribution in [0.25, 0.3) is 0 Å². The van der Waals surface area contributed by atoms with Crippen LogP contribution >= 0.6 is 23.2 Å². The second kappa shape index (κ2) is 9.82. The van der Waals surface area contributed by atoms with Crippen molar-refractivity contribution in [1.82, 2.24) is 15.1 Å². The van der Waals surface area contributed by atoms with E-state index in [4.69, 9.17) is 23.2 Å². The molecule has 1 saturated heterocycles. The van der Waals surface area contributed by atoms with E-state index in [1.165, 1.54) is 5.56 Å². The van der Waals surface area contributed by atoms with Gasteiger partial charge >= 0.3 is 0 Å². The number of rotatable bonds is 6. The first-order chi connectivity index (χ1) is 14.3. The summed E-state index contributed by atoms with van der Waals surface area (Å²) in [7, 11) is 3.98. The molecule has 1 aliphatic rings. The fourth-order valence-corrected chi connectivity index (χ4v) is 4.17. The van der Waals surface area contributed by atoms with Crippen molar-refractivity contribution in [2.75, 3.05) is 27.2 Å². The van der Waals surface area contributed by atoms with E-state index in [9.17, 15) is 9.59 Å². The highest BCUT2D eigenvalue weighted by Crippen LogP contribution is 2.26. The van der Waals surface area contributed by atoms with Crippen LogP contribution < -0.4 is 5.32 Å². The maximum atomic E-state index is 13.0. The third-order valence-electron chi connectivity index (χ3n) is 5.53. The van der Waals surface area contributed by atoms with Crippen LogP contribution in [0.5, 0.6) is 0 Å². The first-order valence-corrected chi connectivity index (χ1v) is 10.8. The van der Waals surface area contributed by atoms with E-state index in [1.54, 1.807) is 23.1 Å². The predicted octanol–water partition coefficient (Wildman–Crippen LogP) is 4.33. The van der Waals surface area contributed by atoms with E-state index >= 15 is 0 Å². The fraction of sp³-hybridized carbons (Fsp3) is 0.391. The summed E-state index contributed by atoms with van der Waals surface area (Å²) in [6.07, 6.45) is 1.41. The van der Waals surface area contributed by atoms with Crippen LogP contribution in [0.4, 0.5) is 0 Å². The van der Waals surface area contributed by atoms with E-state index in [1.807, 2.05) is 21.0 Å². The number of amides is 2. The number of likely N-dealkylation sites (N-methyl/N-ethyl adjacent to an activating group) is 1. The smallest absolute Gasteiger partial charge is 0.256 e. The highest BCUT2D eigenvalue weighted by molar-refractivity contribution is 6.35. The van der Waals surface area contributed by atoms with Crippen LogP contribution in [0.15, 0.2) is 42.5 Å². The van der Waals surface area contributed by atoms with Gasteiger partial charge in [0.15, 0.2) is 0 Å². The van der Waals surface area contributed by atoms with Gasteiger partial charge in [-0.1, -0.05) is 53.0 Å². The van der Waals surface area contributed by atoms with Crippen molar-refractivity contribution in [3.8, 4) is 0 Å². The van der Waals surface area contributed by atoms with Crippen molar-refractivity contribution in [1.29, 1.82) is 0 Å². The molecule has 0 aliphatic carbocycles. The summed E-state index contributed by atoms with van der Waals surface area (Å²) in [5, 5.41) is 3.82. The molecule has 0 saturated carbocycles. The summed E-state index contributed by atoms with van der Waals surface area (Å²) >= 11 is 12.2. The molecule has 30 heavy (non-hydrogen) atoms. The average Bonchev–Trinajstić information content (AvgIpc) is 3.20. The molecule has 1 fully saturated rings. The van der Waals surface area contributed by atoms with Gasteiger partial charge in [-0.3, -0.25) is 9.59 Å². The molecule has 3 rings (SSSR count). The van der Waals surface area contributed by atoms with Crippen molar-refractivity contribution < 1.29 is 9.59 Å². The zero-order valence-corrected chi connectivity index (χ0v) is 19.0. The van der Waals surface area contributed by atoms with Crippen LogP contribution in [0.1, 0.15) is 40.4 Å². The van der Waals surface area contributed by atoms with Gasteiger partial charge in [-0.05, 0) is 57.6 Å². The zero-order chi connectivity index (χ0) is 21.8. The van der Waals surface area contributed by atoms with Gasteiger partial charge in [-0.25, -0.2) is 0 Å². The predicted molar refractivity (Wildman–Crippen MR) is 121 cm³/mol. The van der Waals surface area contributed by atoms with E-state index < -0.39 is 6.04 Å². The summed E-state index contributed by atoms with van der Waals surface area (Å²) in [5.74, 6) is -0.402. The second-order valence-electron chi connectivity index (χ2n) is 7.92. The number of benzene rings is 2. The van der Waals surface area contributed by atoms with Crippen molar-refractivity contribution >= 4 is 35.0 Å². The largest absolute Gasteiger partial charge is 0.352 e. The standard InChI is InChI=1S/C23H27Cl2N3O2/c1-15-6-8-16(9-7-15)21(27(2)3)14-26-22(29)20-5-4-12-28(20)23(30)18-13-17(24)10-11-19(18)25/h6-11,13,20-21H,4-5,12,14H2,1-3H3,(H,26,29). The Morgan fingerprint density at radius 2 is 1.87 bits per heavy atom. The first-order valence-electron chi connectivity index (χ1n) is 10.0. The summed E-state index contributed by atoms with van der Waals surface area (Å²) in [4.78, 5) is 29.7. The monoisotopic (exact) mass is 447 g/mol. The molecular weight excluding hydrogens is 421 g/mol. The molecule has 1 N–H and O–H groups in total. The Labute approximate surface area is 187 Å². The number of nitrogens with one attached hydrogen (secondary N) is 1.